The minimum atomic E-state index is -5.02. The number of nitrogens with zero attached hydrogens (tertiary/aromatic N) is 8. The second kappa shape index (κ2) is 29.1. The molecule has 0 fully saturated rings. The van der Waals surface area contributed by atoms with Gasteiger partial charge in [-0.05, 0) is 97.1 Å². The zero-order chi connectivity index (χ0) is 80.9. The summed E-state index contributed by atoms with van der Waals surface area (Å²) in [5.41, 5.74) is 3.86. The van der Waals surface area contributed by atoms with E-state index in [1.807, 2.05) is 24.3 Å². The van der Waals surface area contributed by atoms with Crippen molar-refractivity contribution < 1.29 is 130 Å². The van der Waals surface area contributed by atoms with Gasteiger partial charge < -0.3 is 66.1 Å². The molecular formula is C56H37N16O30S10-3. The van der Waals surface area contributed by atoms with Crippen LogP contribution in [0.3, 0.4) is 0 Å². The number of nitrogens with one attached hydrogen (secondary N) is 8. The number of aromatic nitrogens is 16. The molecule has 3 atom stereocenters. The standard InChI is InChI=1S/C14H10N4O12S4.C14H10N4O9S3.C14H10N4O6S2.C14H10N4O3S/c19-31(20)30-5-1-7-11(9(2-5)33(24,25)26)17-13(15-7)14-16-8-3-6(32(21,22)23)4-10(12(8)18-14)34(27,28)29;19-28(20)27-6-1-2-8-9(3-6)16-13(15-8)14-17-10-4-7(29(21,22)23)5-11(12(10)18-14)30(24,25)26;19-25(20)24-7-1-3-9-11(5-7)17-13(15-9)14-16-10-4-2-8(26(21,22)23)6-12(10)18-14;19-22(20,21)8-5-6-11-12(7-8)18-14(17-11)13-15-9-3-1-2-4-10(9)16-13/h1-4H,(H,15,17)(H,16,18)(H,19,20)(H,21,22,23)(H,24,25,26)(H,27,28,29);1-5H,(H,15,16)(H,17,18)(H,19,20)(H,21,22,23)(H,24,25,26);1-6H,(H,15,17)(H,16,18)(H,19,20)(H,21,22,23);1-7H,(H,15,16)(H,17,18)(H,19,20,21)/p-3. The van der Waals surface area contributed by atoms with E-state index in [1.54, 1.807) is 6.07 Å². The average Bonchev–Trinajstić information content (AvgIpc) is 1.56. The first-order valence-corrected chi connectivity index (χ1v) is 42.6. The fourth-order valence-corrected chi connectivity index (χ4v) is 15.6. The largest absolute Gasteiger partial charge is 0.740 e. The maximum absolute atomic E-state index is 11.8. The Bertz CT molecular complexity index is 7510. The molecule has 584 valence electrons. The Kier molecular flexibility index (Phi) is 20.4. The molecule has 112 heavy (non-hydrogen) atoms. The third-order valence-electron chi connectivity index (χ3n) is 15.2. The lowest BCUT2D eigenvalue weighted by atomic mass is 10.3. The van der Waals surface area contributed by atoms with Crippen LogP contribution < -0.4 is 12.5 Å². The molecular weight excluding hydrogens is 1700 g/mol. The fourth-order valence-electron chi connectivity index (χ4n) is 10.6. The van der Waals surface area contributed by atoms with Crippen LogP contribution in [0, 0.1) is 0 Å². The Hall–Kier alpha value is -11.4. The van der Waals surface area contributed by atoms with Crippen molar-refractivity contribution >= 4 is 193 Å². The molecule has 16 rings (SSSR count). The Morgan fingerprint density at radius 3 is 0.830 bits per heavy atom. The monoisotopic (exact) mass is 1730 g/mol. The normalized spacial score (nSPS) is 13.4. The molecule has 0 aliphatic heterocycles. The third-order valence-corrected chi connectivity index (χ3v) is 22.1. The fraction of sp³-hybridized carbons (Fsp3) is 0. The first kappa shape index (κ1) is 78.7. The van der Waals surface area contributed by atoms with E-state index in [0.29, 0.717) is 85.6 Å². The zero-order valence-corrected chi connectivity index (χ0v) is 62.0. The topological polar surface area (TPSA) is 758 Å². The maximum atomic E-state index is 11.8. The first-order valence-electron chi connectivity index (χ1n) is 29.5. The van der Waals surface area contributed by atoms with Gasteiger partial charge in [-0.2, -0.15) is 58.9 Å². The van der Waals surface area contributed by atoms with Crippen LogP contribution in [0.2, 0.25) is 0 Å². The van der Waals surface area contributed by atoms with Gasteiger partial charge in [0.25, 0.3) is 70.8 Å². The van der Waals surface area contributed by atoms with E-state index < -0.39 is 141 Å². The molecule has 0 saturated heterocycles. The summed E-state index contributed by atoms with van der Waals surface area (Å²) in [5.74, 6) is 0.925. The lowest BCUT2D eigenvalue weighted by molar-refractivity contribution is 0.438. The maximum Gasteiger partial charge on any atom is 0.296 e. The Morgan fingerprint density at radius 2 is 0.509 bits per heavy atom. The summed E-state index contributed by atoms with van der Waals surface area (Å²) in [6.45, 7) is 0. The lowest BCUT2D eigenvalue weighted by Crippen LogP contribution is -2.04. The van der Waals surface area contributed by atoms with Crippen LogP contribution >= 0.6 is 0 Å². The van der Waals surface area contributed by atoms with Crippen molar-refractivity contribution in [3.63, 3.8) is 0 Å². The molecule has 8 aromatic carbocycles. The molecule has 0 bridgehead atoms. The van der Waals surface area contributed by atoms with Gasteiger partial charge in [0.2, 0.25) is 0 Å². The number of fused-ring (bicyclic) bond motifs is 8. The number of hydrogen-bond donors (Lipinski definition) is 15. The Morgan fingerprint density at radius 1 is 0.259 bits per heavy atom. The van der Waals surface area contributed by atoms with Crippen molar-refractivity contribution in [2.75, 3.05) is 0 Å². The highest BCUT2D eigenvalue weighted by atomic mass is 32.3. The quantitative estimate of drug-likeness (QED) is 0.0435. The van der Waals surface area contributed by atoms with Gasteiger partial charge in [-0.25, -0.2) is 52.5 Å². The molecule has 16 aromatic rings. The third kappa shape index (κ3) is 17.2. The number of para-hydroxylation sites is 2. The van der Waals surface area contributed by atoms with E-state index in [-0.39, 0.29) is 72.2 Å². The van der Waals surface area contributed by atoms with Crippen LogP contribution in [0.1, 0.15) is 0 Å². The molecule has 0 aliphatic rings. The molecule has 0 saturated carbocycles. The molecule has 8 aromatic heterocycles. The predicted octanol–water partition coefficient (Wildman–Crippen LogP) is 4.67. The van der Waals surface area contributed by atoms with Gasteiger partial charge in [0, 0.05) is 24.3 Å². The highest BCUT2D eigenvalue weighted by Gasteiger charge is 2.28. The number of H-pyrrole nitrogens is 8. The van der Waals surface area contributed by atoms with E-state index in [1.165, 1.54) is 66.7 Å². The number of aromatic amines is 8. The average molecular weight is 1730 g/mol. The zero-order valence-electron chi connectivity index (χ0n) is 53.9. The molecule has 46 nitrogen and oxygen atoms in total. The number of rotatable bonds is 17. The Labute approximate surface area is 629 Å². The lowest BCUT2D eigenvalue weighted by Gasteiger charge is -2.08. The van der Waals surface area contributed by atoms with Gasteiger partial charge in [-0.3, -0.25) is 31.9 Å². The van der Waals surface area contributed by atoms with Gasteiger partial charge in [0.1, 0.15) is 82.6 Å². The summed E-state index contributed by atoms with van der Waals surface area (Å²) < 4.78 is 304. The number of benzene rings is 8. The summed E-state index contributed by atoms with van der Waals surface area (Å²) >= 11 is -8.54. The van der Waals surface area contributed by atoms with Gasteiger partial charge in [0.15, 0.2) is 46.6 Å². The van der Waals surface area contributed by atoms with Crippen LogP contribution in [-0.4, -0.2) is 197 Å². The van der Waals surface area contributed by atoms with E-state index in [0.717, 1.165) is 29.2 Å². The van der Waals surface area contributed by atoms with E-state index in [9.17, 15) is 108 Å². The van der Waals surface area contributed by atoms with Crippen molar-refractivity contribution in [3.05, 3.63) is 133 Å². The minimum Gasteiger partial charge on any atom is -0.740 e. The van der Waals surface area contributed by atoms with Gasteiger partial charge in [-0.15, -0.1) is 0 Å². The van der Waals surface area contributed by atoms with Crippen LogP contribution in [0.5, 0.6) is 17.2 Å². The van der Waals surface area contributed by atoms with Gasteiger partial charge in [-0.1, -0.05) is 12.1 Å². The van der Waals surface area contributed by atoms with Crippen LogP contribution in [-0.2, 0) is 105 Å². The molecule has 0 spiro atoms. The highest BCUT2D eigenvalue weighted by molar-refractivity contribution is 7.88. The van der Waals surface area contributed by atoms with Crippen molar-refractivity contribution in [1.29, 1.82) is 0 Å². The second-order valence-electron chi connectivity index (χ2n) is 22.6. The Balaban J connectivity index is 0.000000132. The van der Waals surface area contributed by atoms with Gasteiger partial charge >= 0.3 is 0 Å². The molecule has 8 heterocycles. The highest BCUT2D eigenvalue weighted by Crippen LogP contribution is 2.35. The molecule has 3 unspecified atom stereocenters. The predicted molar refractivity (Wildman–Crippen MR) is 382 cm³/mol. The molecule has 0 aliphatic carbocycles. The van der Waals surface area contributed by atoms with Crippen molar-refractivity contribution in [1.82, 2.24) is 79.7 Å². The summed E-state index contributed by atoms with van der Waals surface area (Å²) in [6.07, 6.45) is 0. The smallest absolute Gasteiger partial charge is 0.296 e. The van der Waals surface area contributed by atoms with Crippen molar-refractivity contribution in [2.24, 2.45) is 0 Å². The van der Waals surface area contributed by atoms with Crippen molar-refractivity contribution in [2.45, 2.75) is 34.3 Å². The van der Waals surface area contributed by atoms with E-state index in [2.05, 4.69) is 92.3 Å². The summed E-state index contributed by atoms with van der Waals surface area (Å²) in [6, 6.07) is 28.9. The molecule has 56 heteroatoms. The van der Waals surface area contributed by atoms with Gasteiger partial charge in [0.05, 0.1) is 91.3 Å². The van der Waals surface area contributed by atoms with E-state index >= 15 is 0 Å². The molecule has 15 N–H and O–H groups in total. The second-order valence-corrected chi connectivity index (χ2v) is 34.1. The summed E-state index contributed by atoms with van der Waals surface area (Å²) in [4.78, 5) is 51.5. The van der Waals surface area contributed by atoms with Crippen LogP contribution in [0.15, 0.2) is 168 Å². The van der Waals surface area contributed by atoms with Crippen LogP contribution in [0.4, 0.5) is 0 Å². The molecule has 0 amide bonds. The number of imidazole rings is 8. The van der Waals surface area contributed by atoms with Crippen LogP contribution in [0.25, 0.3) is 135 Å². The summed E-state index contributed by atoms with van der Waals surface area (Å²) in [5, 5.41) is 0. The summed E-state index contributed by atoms with van der Waals surface area (Å²) in [7, 11) is -33.1. The van der Waals surface area contributed by atoms with E-state index in [4.69, 9.17) is 9.11 Å². The van der Waals surface area contributed by atoms with Crippen molar-refractivity contribution in [3.8, 4) is 63.8 Å². The minimum absolute atomic E-state index is 0.0158. The number of hydrogen-bond acceptors (Lipinski definition) is 31. The first-order chi connectivity index (χ1) is 52.2. The SMILES string of the molecule is O=S(=O)(O)c1ccc2nc(-c3nc4ccccc4[nH]3)[nH]c2c1.O=S([O-])Oc1cc(S(=O)(=O)O)c2nc(-c3nc4c(S(=O)(=O)O)cc(S(=O)(=O)O)cc4[nH]3)[nH]c2c1.O=S([O-])Oc1ccc2nc(-c3nc4c(S(=O)(=O)O)cc(S(=O)(=O)O)cc4[nH]3)[nH]c2c1.O=S([O-])Oc1ccc2nc(-c3nc4ccc(S(=O)(=O)O)cc4[nH]3)[nH]c2c1. The molecule has 0 radical (unpaired) electrons.